The summed E-state index contributed by atoms with van der Waals surface area (Å²) in [5.74, 6) is 0. The second-order valence-electron chi connectivity index (χ2n) is 14.1. The zero-order valence-corrected chi connectivity index (χ0v) is 30.7. The van der Waals surface area contributed by atoms with Crippen molar-refractivity contribution in [3.8, 4) is 23.1 Å². The first-order chi connectivity index (χ1) is 27.5. The molecule has 8 aromatic carbocycles. The predicted octanol–water partition coefficient (Wildman–Crippen LogP) is 11.7. The van der Waals surface area contributed by atoms with E-state index in [-0.39, 0.29) is 9.79 Å². The van der Waals surface area contributed by atoms with E-state index in [2.05, 4.69) is 141 Å². The summed E-state index contributed by atoms with van der Waals surface area (Å²) in [4.78, 5) is 0.330. The molecule has 0 atom stereocenters. The van der Waals surface area contributed by atoms with Gasteiger partial charge in [-0.05, 0) is 97.1 Å². The molecular weight excluding hydrogens is 709 g/mol. The van der Waals surface area contributed by atoms with Crippen LogP contribution in [-0.2, 0) is 9.84 Å². The van der Waals surface area contributed by atoms with Gasteiger partial charge in [-0.2, -0.15) is 5.26 Å². The number of sulfone groups is 1. The van der Waals surface area contributed by atoms with Crippen molar-refractivity contribution >= 4 is 75.3 Å². The summed E-state index contributed by atoms with van der Waals surface area (Å²) in [6.07, 6.45) is 0. The van der Waals surface area contributed by atoms with E-state index >= 15 is 0 Å². The predicted molar refractivity (Wildman–Crippen MR) is 226 cm³/mol. The Labute approximate surface area is 321 Å². The molecule has 0 unspecified atom stereocenters. The Morgan fingerprint density at radius 3 is 1.38 bits per heavy atom. The molecule has 3 aromatic heterocycles. The van der Waals surface area contributed by atoms with Crippen LogP contribution in [0, 0.1) is 11.3 Å². The van der Waals surface area contributed by atoms with Crippen molar-refractivity contribution in [3.05, 3.63) is 188 Å². The van der Waals surface area contributed by atoms with Gasteiger partial charge in [0.2, 0.25) is 9.84 Å². The van der Waals surface area contributed by atoms with Gasteiger partial charge < -0.3 is 13.7 Å². The van der Waals surface area contributed by atoms with Crippen molar-refractivity contribution in [2.45, 2.75) is 9.79 Å². The Morgan fingerprint density at radius 1 is 0.375 bits per heavy atom. The minimum Gasteiger partial charge on any atom is -0.309 e. The van der Waals surface area contributed by atoms with Crippen LogP contribution < -0.4 is 0 Å². The van der Waals surface area contributed by atoms with Crippen molar-refractivity contribution in [1.29, 1.82) is 5.26 Å². The molecule has 264 valence electrons. The van der Waals surface area contributed by atoms with E-state index in [0.717, 1.165) is 82.5 Å². The smallest absolute Gasteiger partial charge is 0.206 e. The zero-order chi connectivity index (χ0) is 37.5. The van der Waals surface area contributed by atoms with Gasteiger partial charge in [0.15, 0.2) is 0 Å². The third kappa shape index (κ3) is 4.57. The van der Waals surface area contributed by atoms with Crippen LogP contribution in [0.4, 0.5) is 0 Å². The number of para-hydroxylation sites is 4. The van der Waals surface area contributed by atoms with Crippen LogP contribution in [0.15, 0.2) is 192 Å². The van der Waals surface area contributed by atoms with E-state index in [0.29, 0.717) is 5.56 Å². The quantitative estimate of drug-likeness (QED) is 0.176. The molecule has 0 spiro atoms. The van der Waals surface area contributed by atoms with Crippen LogP contribution in [-0.4, -0.2) is 22.1 Å². The largest absolute Gasteiger partial charge is 0.309 e. The highest BCUT2D eigenvalue weighted by molar-refractivity contribution is 7.91. The Morgan fingerprint density at radius 2 is 0.786 bits per heavy atom. The van der Waals surface area contributed by atoms with E-state index < -0.39 is 9.84 Å². The summed E-state index contributed by atoms with van der Waals surface area (Å²) < 4.78 is 34.7. The minimum absolute atomic E-state index is 0.146. The van der Waals surface area contributed by atoms with Crippen LogP contribution in [0.3, 0.4) is 0 Å². The van der Waals surface area contributed by atoms with E-state index in [4.69, 9.17) is 0 Å². The molecule has 0 saturated carbocycles. The molecule has 0 aliphatic carbocycles. The van der Waals surface area contributed by atoms with Crippen molar-refractivity contribution < 1.29 is 8.42 Å². The van der Waals surface area contributed by atoms with Crippen molar-refractivity contribution in [2.75, 3.05) is 0 Å². The molecule has 0 bridgehead atoms. The average Bonchev–Trinajstić information content (AvgIpc) is 3.89. The summed E-state index contributed by atoms with van der Waals surface area (Å²) in [6.45, 7) is 0. The summed E-state index contributed by atoms with van der Waals surface area (Å²) >= 11 is 0. The van der Waals surface area contributed by atoms with Gasteiger partial charge >= 0.3 is 0 Å². The maximum atomic E-state index is 13.8. The number of rotatable bonds is 5. The molecule has 11 aromatic rings. The van der Waals surface area contributed by atoms with Gasteiger partial charge in [0.05, 0.1) is 54.5 Å². The number of hydrogen-bond acceptors (Lipinski definition) is 3. The first kappa shape index (κ1) is 32.1. The Hall–Kier alpha value is -7.40. The second-order valence-corrected chi connectivity index (χ2v) is 16.0. The molecule has 0 amide bonds. The van der Waals surface area contributed by atoms with Gasteiger partial charge in [-0.3, -0.25) is 0 Å². The molecule has 0 radical (unpaired) electrons. The zero-order valence-electron chi connectivity index (χ0n) is 29.8. The van der Waals surface area contributed by atoms with E-state index in [1.54, 1.807) is 12.1 Å². The first-order valence-corrected chi connectivity index (χ1v) is 19.9. The molecule has 11 rings (SSSR count). The average molecular weight is 739 g/mol. The number of nitrogens with zero attached hydrogens (tertiary/aromatic N) is 4. The second kappa shape index (κ2) is 12.1. The molecule has 7 heteroatoms. The van der Waals surface area contributed by atoms with Crippen molar-refractivity contribution in [3.63, 3.8) is 0 Å². The molecule has 56 heavy (non-hydrogen) atoms. The van der Waals surface area contributed by atoms with E-state index in [9.17, 15) is 13.7 Å². The maximum absolute atomic E-state index is 13.8. The fraction of sp³-hybridized carbons (Fsp3) is 0. The molecule has 0 N–H and O–H groups in total. The van der Waals surface area contributed by atoms with Gasteiger partial charge in [-0.25, -0.2) is 8.42 Å². The third-order valence-corrected chi connectivity index (χ3v) is 12.9. The Bertz CT molecular complexity index is 3520. The Balaban J connectivity index is 1.27. The lowest BCUT2D eigenvalue weighted by atomic mass is 10.1. The number of fused-ring (bicyclic) bond motifs is 10. The van der Waals surface area contributed by atoms with Crippen LogP contribution in [0.25, 0.3) is 82.5 Å². The lowest BCUT2D eigenvalue weighted by Crippen LogP contribution is -2.03. The number of nitriles is 1. The molecule has 6 nitrogen and oxygen atoms in total. The summed E-state index contributed by atoms with van der Waals surface area (Å²) in [5, 5.41) is 16.0. The molecule has 0 aliphatic rings. The molecule has 0 fully saturated rings. The summed E-state index contributed by atoms with van der Waals surface area (Å²) in [5.41, 5.74) is 9.85. The highest BCUT2D eigenvalue weighted by atomic mass is 32.2. The van der Waals surface area contributed by atoms with Crippen LogP contribution in [0.5, 0.6) is 0 Å². The van der Waals surface area contributed by atoms with Gasteiger partial charge in [0, 0.05) is 49.4 Å². The van der Waals surface area contributed by atoms with Crippen LogP contribution in [0.2, 0.25) is 0 Å². The molecule has 3 heterocycles. The highest BCUT2D eigenvalue weighted by Gasteiger charge is 2.24. The van der Waals surface area contributed by atoms with Crippen molar-refractivity contribution in [1.82, 2.24) is 13.7 Å². The molecule has 0 aliphatic heterocycles. The standard InChI is InChI=1S/C49H30N4O2S/c50-31-32-19-23-36(24-20-32)56(54,55)37-25-21-35(22-26-37)53-47-29-42-39-16-8-9-17-44(39)51(33-11-3-1-4-12-33)46(42)30-43(47)41-28-27-40-38-15-7-10-18-45(38)52(48(40)49(41)53)34-13-5-2-6-14-34/h1-30H. The summed E-state index contributed by atoms with van der Waals surface area (Å²) in [6, 6.07) is 62.4. The van der Waals surface area contributed by atoms with Gasteiger partial charge in [-0.1, -0.05) is 84.9 Å². The lowest BCUT2D eigenvalue weighted by molar-refractivity contribution is 0.596. The SMILES string of the molecule is N#Cc1ccc(S(=O)(=O)c2ccc(-n3c4cc5c6ccccc6n(-c6ccccc6)c5cc4c4ccc5c6ccccc6n(-c6ccccc6)c5c43)cc2)cc1. The maximum Gasteiger partial charge on any atom is 0.206 e. The normalized spacial score (nSPS) is 12.1. The van der Waals surface area contributed by atoms with E-state index in [1.807, 2.05) is 24.3 Å². The number of hydrogen-bond donors (Lipinski definition) is 0. The fourth-order valence-corrected chi connectivity index (χ4v) is 9.86. The van der Waals surface area contributed by atoms with Gasteiger partial charge in [-0.15, -0.1) is 0 Å². The van der Waals surface area contributed by atoms with Crippen molar-refractivity contribution in [2.24, 2.45) is 0 Å². The summed E-state index contributed by atoms with van der Waals surface area (Å²) in [7, 11) is -3.83. The fourth-order valence-electron chi connectivity index (χ4n) is 8.60. The first-order valence-electron chi connectivity index (χ1n) is 18.4. The van der Waals surface area contributed by atoms with Crippen LogP contribution in [0.1, 0.15) is 5.56 Å². The highest BCUT2D eigenvalue weighted by Crippen LogP contribution is 2.44. The monoisotopic (exact) mass is 738 g/mol. The lowest BCUT2D eigenvalue weighted by Gasteiger charge is -2.13. The molecule has 0 saturated heterocycles. The molecular formula is C49H30N4O2S. The van der Waals surface area contributed by atoms with Gasteiger partial charge in [0.1, 0.15) is 0 Å². The minimum atomic E-state index is -3.83. The number of aromatic nitrogens is 3. The number of benzene rings is 8. The van der Waals surface area contributed by atoms with Crippen LogP contribution >= 0.6 is 0 Å². The van der Waals surface area contributed by atoms with E-state index in [1.165, 1.54) is 24.3 Å². The Kier molecular flexibility index (Phi) is 6.90. The van der Waals surface area contributed by atoms with Gasteiger partial charge in [0.25, 0.3) is 0 Å². The topological polar surface area (TPSA) is 72.7 Å². The third-order valence-electron chi connectivity index (χ3n) is 11.1.